The van der Waals surface area contributed by atoms with Crippen molar-refractivity contribution in [2.45, 2.75) is 39.7 Å². The van der Waals surface area contributed by atoms with Crippen LogP contribution in [-0.4, -0.2) is 40.2 Å². The van der Waals surface area contributed by atoms with Crippen LogP contribution in [0.1, 0.15) is 41.4 Å². The number of carboxylic acids is 1. The molecule has 0 spiro atoms. The summed E-state index contributed by atoms with van der Waals surface area (Å²) in [5, 5.41) is 10.5. The van der Waals surface area contributed by atoms with Crippen molar-refractivity contribution < 1.29 is 9.90 Å². The fraction of sp³-hybridized carbons (Fsp3) is 0.500. The summed E-state index contributed by atoms with van der Waals surface area (Å²) in [5.74, 6) is -0.832. The maximum Gasteiger partial charge on any atom is 0.336 e. The lowest BCUT2D eigenvalue weighted by Gasteiger charge is -2.14. The maximum atomic E-state index is 11.6. The topological polar surface area (TPSA) is 45.5 Å². The number of aryl methyl sites for hydroxylation is 1. The number of carboxylic acid groups (broad SMARTS) is 1. The summed E-state index contributed by atoms with van der Waals surface area (Å²) in [7, 11) is 0. The van der Waals surface area contributed by atoms with Gasteiger partial charge in [0.05, 0.1) is 5.56 Å². The second kappa shape index (κ2) is 6.13. The average Bonchev–Trinajstić information content (AvgIpc) is 3.10. The minimum absolute atomic E-state index is 0.434. The molecule has 1 aromatic carbocycles. The van der Waals surface area contributed by atoms with Gasteiger partial charge in [-0.3, -0.25) is 0 Å². The Morgan fingerprint density at radius 3 is 2.64 bits per heavy atom. The lowest BCUT2D eigenvalue weighted by molar-refractivity contribution is 0.0699. The van der Waals surface area contributed by atoms with Gasteiger partial charge in [-0.2, -0.15) is 0 Å². The Labute approximate surface area is 131 Å². The Morgan fingerprint density at radius 2 is 2.00 bits per heavy atom. The molecule has 0 atom stereocenters. The van der Waals surface area contributed by atoms with Crippen molar-refractivity contribution in [3.05, 3.63) is 35.0 Å². The highest BCUT2D eigenvalue weighted by Crippen LogP contribution is 2.30. The highest BCUT2D eigenvalue weighted by atomic mass is 16.4. The number of nitrogens with zero attached hydrogens (tertiary/aromatic N) is 2. The van der Waals surface area contributed by atoms with Crippen LogP contribution in [0.3, 0.4) is 0 Å². The van der Waals surface area contributed by atoms with Gasteiger partial charge < -0.3 is 14.6 Å². The normalized spacial score (nSPS) is 15.7. The maximum absolute atomic E-state index is 11.6. The van der Waals surface area contributed by atoms with E-state index in [0.29, 0.717) is 5.56 Å². The first-order chi connectivity index (χ1) is 10.6. The van der Waals surface area contributed by atoms with Crippen LogP contribution >= 0.6 is 0 Å². The van der Waals surface area contributed by atoms with Crippen LogP contribution in [0, 0.1) is 6.92 Å². The summed E-state index contributed by atoms with van der Waals surface area (Å²) >= 11 is 0. The minimum Gasteiger partial charge on any atom is -0.478 e. The van der Waals surface area contributed by atoms with E-state index in [1.54, 1.807) is 6.07 Å². The molecule has 22 heavy (non-hydrogen) atoms. The van der Waals surface area contributed by atoms with Crippen LogP contribution in [0.25, 0.3) is 10.9 Å². The van der Waals surface area contributed by atoms with E-state index >= 15 is 0 Å². The molecule has 0 aliphatic carbocycles. The molecule has 1 N–H and O–H groups in total. The second-order valence-corrected chi connectivity index (χ2v) is 6.11. The zero-order valence-corrected chi connectivity index (χ0v) is 13.4. The highest BCUT2D eigenvalue weighted by molar-refractivity contribution is 6.05. The molecule has 1 fully saturated rings. The number of likely N-dealkylation sites (tertiary alicyclic amines) is 1. The Morgan fingerprint density at radius 1 is 1.27 bits per heavy atom. The molecule has 2 heterocycles. The molecule has 4 heteroatoms. The average molecular weight is 300 g/mol. The number of hydrogen-bond acceptors (Lipinski definition) is 2. The van der Waals surface area contributed by atoms with Crippen molar-refractivity contribution in [1.82, 2.24) is 9.47 Å². The Balaban J connectivity index is 2.06. The Hall–Kier alpha value is -1.81. The SMILES string of the molecule is CCn1c(C)c(CCN2CCCC2)c2c(C(=O)O)cccc21. The van der Waals surface area contributed by atoms with Crippen LogP contribution in [0.5, 0.6) is 0 Å². The summed E-state index contributed by atoms with van der Waals surface area (Å²) in [5.41, 5.74) is 3.91. The Kier molecular flexibility index (Phi) is 4.21. The van der Waals surface area contributed by atoms with E-state index in [4.69, 9.17) is 0 Å². The van der Waals surface area contributed by atoms with E-state index < -0.39 is 5.97 Å². The number of rotatable bonds is 5. The van der Waals surface area contributed by atoms with Gasteiger partial charge >= 0.3 is 5.97 Å². The van der Waals surface area contributed by atoms with Crippen molar-refractivity contribution in [3.63, 3.8) is 0 Å². The summed E-state index contributed by atoms with van der Waals surface area (Å²) in [6.07, 6.45) is 3.51. The van der Waals surface area contributed by atoms with Gasteiger partial charge in [-0.25, -0.2) is 4.79 Å². The Bertz CT molecular complexity index is 697. The summed E-state index contributed by atoms with van der Waals surface area (Å²) in [6.45, 7) is 8.49. The number of carbonyl (C=O) groups is 1. The lowest BCUT2D eigenvalue weighted by atomic mass is 10.0. The first kappa shape index (κ1) is 15.1. The quantitative estimate of drug-likeness (QED) is 0.921. The monoisotopic (exact) mass is 300 g/mol. The van der Waals surface area contributed by atoms with Crippen molar-refractivity contribution in [2.75, 3.05) is 19.6 Å². The first-order valence-electron chi connectivity index (χ1n) is 8.19. The summed E-state index contributed by atoms with van der Waals surface area (Å²) in [6, 6.07) is 5.61. The molecule has 2 aromatic rings. The van der Waals surface area contributed by atoms with E-state index in [1.165, 1.54) is 37.2 Å². The third kappa shape index (κ3) is 2.52. The van der Waals surface area contributed by atoms with Crippen molar-refractivity contribution in [3.8, 4) is 0 Å². The van der Waals surface area contributed by atoms with Crippen LogP contribution in [0.4, 0.5) is 0 Å². The van der Waals surface area contributed by atoms with Gasteiger partial charge in [0, 0.05) is 29.7 Å². The van der Waals surface area contributed by atoms with Crippen LogP contribution in [0.15, 0.2) is 18.2 Å². The predicted molar refractivity (Wildman–Crippen MR) is 88.7 cm³/mol. The molecule has 3 rings (SSSR count). The molecule has 0 saturated carbocycles. The minimum atomic E-state index is -0.832. The van der Waals surface area contributed by atoms with E-state index in [-0.39, 0.29) is 0 Å². The standard InChI is InChI=1S/C18H24N2O2/c1-3-20-13(2)14(9-12-19-10-4-5-11-19)17-15(18(21)22)7-6-8-16(17)20/h6-8H,3-5,9-12H2,1-2H3,(H,21,22). The third-order valence-electron chi connectivity index (χ3n) is 4.90. The van der Waals surface area contributed by atoms with Gasteiger partial charge in [-0.05, 0) is 63.9 Å². The van der Waals surface area contributed by atoms with E-state index in [9.17, 15) is 9.90 Å². The number of fused-ring (bicyclic) bond motifs is 1. The van der Waals surface area contributed by atoms with Crippen LogP contribution in [0.2, 0.25) is 0 Å². The number of hydrogen-bond donors (Lipinski definition) is 1. The molecule has 0 unspecified atom stereocenters. The summed E-state index contributed by atoms with van der Waals surface area (Å²) in [4.78, 5) is 14.1. The lowest BCUT2D eigenvalue weighted by Crippen LogP contribution is -2.22. The second-order valence-electron chi connectivity index (χ2n) is 6.11. The van der Waals surface area contributed by atoms with E-state index in [1.807, 2.05) is 12.1 Å². The molecule has 0 bridgehead atoms. The molecular weight excluding hydrogens is 276 g/mol. The van der Waals surface area contributed by atoms with Crippen molar-refractivity contribution in [1.29, 1.82) is 0 Å². The molecular formula is C18H24N2O2. The molecule has 1 aliphatic rings. The highest BCUT2D eigenvalue weighted by Gasteiger charge is 2.20. The van der Waals surface area contributed by atoms with Gasteiger partial charge in [0.2, 0.25) is 0 Å². The zero-order valence-electron chi connectivity index (χ0n) is 13.4. The molecule has 1 saturated heterocycles. The smallest absolute Gasteiger partial charge is 0.336 e. The number of aromatic carboxylic acids is 1. The fourth-order valence-electron chi connectivity index (χ4n) is 3.77. The van der Waals surface area contributed by atoms with Crippen molar-refractivity contribution in [2.24, 2.45) is 0 Å². The molecule has 4 nitrogen and oxygen atoms in total. The number of aromatic nitrogens is 1. The van der Waals surface area contributed by atoms with E-state index in [2.05, 4.69) is 23.3 Å². The fourth-order valence-corrected chi connectivity index (χ4v) is 3.77. The zero-order chi connectivity index (χ0) is 15.7. The van der Waals surface area contributed by atoms with Gasteiger partial charge in [0.15, 0.2) is 0 Å². The summed E-state index contributed by atoms with van der Waals surface area (Å²) < 4.78 is 2.24. The molecule has 118 valence electrons. The number of benzene rings is 1. The molecule has 0 radical (unpaired) electrons. The predicted octanol–water partition coefficient (Wildman–Crippen LogP) is 3.31. The van der Waals surface area contributed by atoms with Gasteiger partial charge in [-0.1, -0.05) is 6.07 Å². The largest absolute Gasteiger partial charge is 0.478 e. The molecule has 0 amide bonds. The van der Waals surface area contributed by atoms with Gasteiger partial charge in [0.1, 0.15) is 0 Å². The van der Waals surface area contributed by atoms with Crippen LogP contribution < -0.4 is 0 Å². The van der Waals surface area contributed by atoms with Crippen molar-refractivity contribution >= 4 is 16.9 Å². The third-order valence-corrected chi connectivity index (χ3v) is 4.90. The van der Waals surface area contributed by atoms with Crippen LogP contribution in [-0.2, 0) is 13.0 Å². The first-order valence-corrected chi connectivity index (χ1v) is 8.19. The van der Waals surface area contributed by atoms with Gasteiger partial charge in [-0.15, -0.1) is 0 Å². The molecule has 1 aliphatic heterocycles. The molecule has 1 aromatic heterocycles. The van der Waals surface area contributed by atoms with E-state index in [0.717, 1.165) is 30.4 Å². The van der Waals surface area contributed by atoms with Gasteiger partial charge in [0.25, 0.3) is 0 Å².